The van der Waals surface area contributed by atoms with Crippen LogP contribution in [-0.4, -0.2) is 22.7 Å². The number of rotatable bonds is 6. The monoisotopic (exact) mass is 338 g/mol. The maximum absolute atomic E-state index is 12.2. The maximum atomic E-state index is 12.2. The molecule has 1 aromatic heterocycles. The first-order chi connectivity index (χ1) is 12.2. The first kappa shape index (κ1) is 16.7. The fourth-order valence-electron chi connectivity index (χ4n) is 2.26. The number of esters is 1. The Labute approximate surface area is 145 Å². The van der Waals surface area contributed by atoms with Gasteiger partial charge >= 0.3 is 5.97 Å². The zero-order chi connectivity index (χ0) is 17.6. The van der Waals surface area contributed by atoms with Crippen LogP contribution in [0.4, 0.5) is 0 Å². The Morgan fingerprint density at radius 1 is 1.12 bits per heavy atom. The van der Waals surface area contributed by atoms with E-state index in [1.54, 1.807) is 24.3 Å². The molecule has 2 aromatic carbocycles. The lowest BCUT2D eigenvalue weighted by atomic mass is 10.1. The summed E-state index contributed by atoms with van der Waals surface area (Å²) in [5.74, 6) is 0.679. The van der Waals surface area contributed by atoms with Gasteiger partial charge in [-0.3, -0.25) is 0 Å². The van der Waals surface area contributed by atoms with Crippen LogP contribution in [0.5, 0.6) is 5.75 Å². The molecule has 0 amide bonds. The van der Waals surface area contributed by atoms with Gasteiger partial charge in [-0.15, -0.1) is 0 Å². The number of carbonyl (C=O) groups excluding carboxylic acids is 1. The van der Waals surface area contributed by atoms with Crippen LogP contribution in [-0.2, 0) is 11.3 Å². The van der Waals surface area contributed by atoms with Crippen molar-refractivity contribution in [3.8, 4) is 17.1 Å². The fraction of sp³-hybridized carbons (Fsp3) is 0.211. The van der Waals surface area contributed by atoms with Crippen LogP contribution in [0.2, 0.25) is 0 Å². The van der Waals surface area contributed by atoms with Crippen molar-refractivity contribution in [1.29, 1.82) is 0 Å². The molecule has 0 aliphatic heterocycles. The van der Waals surface area contributed by atoms with E-state index in [9.17, 15) is 4.79 Å². The molecule has 1 heterocycles. The summed E-state index contributed by atoms with van der Waals surface area (Å²) < 4.78 is 15.8. The highest BCUT2D eigenvalue weighted by atomic mass is 16.6. The Balaban J connectivity index is 1.66. The van der Waals surface area contributed by atoms with E-state index in [4.69, 9.17) is 14.0 Å². The molecule has 0 bridgehead atoms. The quantitative estimate of drug-likeness (QED) is 0.636. The summed E-state index contributed by atoms with van der Waals surface area (Å²) in [6.45, 7) is 4.23. The molecule has 25 heavy (non-hydrogen) atoms. The highest BCUT2D eigenvalue weighted by Gasteiger charge is 2.16. The van der Waals surface area contributed by atoms with Gasteiger partial charge < -0.3 is 14.0 Å². The lowest BCUT2D eigenvalue weighted by Gasteiger charge is -2.08. The minimum absolute atomic E-state index is 0.0991. The third kappa shape index (κ3) is 4.03. The van der Waals surface area contributed by atoms with Crippen LogP contribution in [0, 0.1) is 6.92 Å². The molecule has 0 radical (unpaired) electrons. The molecule has 0 spiro atoms. The predicted molar refractivity (Wildman–Crippen MR) is 91.2 cm³/mol. The molecular weight excluding hydrogens is 320 g/mol. The summed E-state index contributed by atoms with van der Waals surface area (Å²) in [7, 11) is 0. The number of nitrogens with zero attached hydrogens (tertiary/aromatic N) is 2. The van der Waals surface area contributed by atoms with Crippen molar-refractivity contribution < 1.29 is 18.8 Å². The number of ether oxygens (including phenoxy) is 2. The summed E-state index contributed by atoms with van der Waals surface area (Å²) in [6.07, 6.45) is 0. The molecule has 6 heteroatoms. The highest BCUT2D eigenvalue weighted by Crippen LogP contribution is 2.20. The van der Waals surface area contributed by atoms with Gasteiger partial charge in [0.2, 0.25) is 5.82 Å². The Kier molecular flexibility index (Phi) is 5.09. The minimum atomic E-state index is -0.501. The molecule has 3 aromatic rings. The van der Waals surface area contributed by atoms with E-state index in [1.807, 2.05) is 38.1 Å². The van der Waals surface area contributed by atoms with Gasteiger partial charge in [-0.25, -0.2) is 4.79 Å². The van der Waals surface area contributed by atoms with Crippen LogP contribution < -0.4 is 4.74 Å². The third-order valence-corrected chi connectivity index (χ3v) is 3.51. The summed E-state index contributed by atoms with van der Waals surface area (Å²) in [5.41, 5.74) is 2.35. The normalized spacial score (nSPS) is 10.5. The molecule has 0 N–H and O–H groups in total. The van der Waals surface area contributed by atoms with Crippen LogP contribution in [0.3, 0.4) is 0 Å². The molecule has 6 nitrogen and oxygen atoms in total. The largest absolute Gasteiger partial charge is 0.493 e. The van der Waals surface area contributed by atoms with Gasteiger partial charge in [0.05, 0.1) is 6.61 Å². The van der Waals surface area contributed by atoms with E-state index >= 15 is 0 Å². The molecule has 0 aliphatic carbocycles. The number of para-hydroxylation sites is 1. The van der Waals surface area contributed by atoms with Crippen molar-refractivity contribution >= 4 is 5.97 Å². The number of carbonyl (C=O) groups is 1. The third-order valence-electron chi connectivity index (χ3n) is 3.51. The number of aromatic nitrogens is 2. The standard InChI is InChI=1S/C19H18N2O4/c1-3-23-16-7-5-4-6-15(16)19(22)24-12-17-20-18(21-25-17)14-10-8-13(2)9-11-14/h4-11H,3,12H2,1-2H3. The van der Waals surface area contributed by atoms with Crippen molar-refractivity contribution in [2.24, 2.45) is 0 Å². The van der Waals surface area contributed by atoms with E-state index in [0.29, 0.717) is 23.7 Å². The second kappa shape index (κ2) is 7.61. The summed E-state index contributed by atoms with van der Waals surface area (Å²) in [6, 6.07) is 14.7. The van der Waals surface area contributed by atoms with Crippen molar-refractivity contribution in [3.05, 3.63) is 65.5 Å². The van der Waals surface area contributed by atoms with Gasteiger partial charge in [0.1, 0.15) is 11.3 Å². The first-order valence-corrected chi connectivity index (χ1v) is 7.96. The average molecular weight is 338 g/mol. The topological polar surface area (TPSA) is 74.5 Å². The average Bonchev–Trinajstić information content (AvgIpc) is 3.10. The van der Waals surface area contributed by atoms with E-state index < -0.39 is 5.97 Å². The van der Waals surface area contributed by atoms with Crippen LogP contribution in [0.25, 0.3) is 11.4 Å². The minimum Gasteiger partial charge on any atom is -0.493 e. The van der Waals surface area contributed by atoms with Crippen molar-refractivity contribution in [3.63, 3.8) is 0 Å². The van der Waals surface area contributed by atoms with Gasteiger partial charge in [-0.2, -0.15) is 4.98 Å². The molecule has 0 saturated heterocycles. The molecule has 0 atom stereocenters. The Hall–Kier alpha value is -3.15. The lowest BCUT2D eigenvalue weighted by molar-refractivity contribution is 0.0425. The number of aryl methyl sites for hydroxylation is 1. The van der Waals surface area contributed by atoms with Gasteiger partial charge in [-0.05, 0) is 26.0 Å². The molecule has 0 aliphatic rings. The Morgan fingerprint density at radius 2 is 1.88 bits per heavy atom. The van der Waals surface area contributed by atoms with Crippen molar-refractivity contribution in [2.45, 2.75) is 20.5 Å². The van der Waals surface area contributed by atoms with E-state index in [0.717, 1.165) is 11.1 Å². The maximum Gasteiger partial charge on any atom is 0.342 e. The molecule has 128 valence electrons. The van der Waals surface area contributed by atoms with Gasteiger partial charge in [-0.1, -0.05) is 47.1 Å². The zero-order valence-corrected chi connectivity index (χ0v) is 14.1. The Bertz CT molecular complexity index is 856. The summed E-state index contributed by atoms with van der Waals surface area (Å²) >= 11 is 0. The van der Waals surface area contributed by atoms with Crippen molar-refractivity contribution in [2.75, 3.05) is 6.61 Å². The van der Waals surface area contributed by atoms with Crippen molar-refractivity contribution in [1.82, 2.24) is 10.1 Å². The predicted octanol–water partition coefficient (Wildman–Crippen LogP) is 3.80. The van der Waals surface area contributed by atoms with E-state index in [-0.39, 0.29) is 12.5 Å². The second-order valence-corrected chi connectivity index (χ2v) is 5.38. The van der Waals surface area contributed by atoms with Crippen LogP contribution >= 0.6 is 0 Å². The smallest absolute Gasteiger partial charge is 0.342 e. The molecule has 3 rings (SSSR count). The SMILES string of the molecule is CCOc1ccccc1C(=O)OCc1nc(-c2ccc(C)cc2)no1. The first-order valence-electron chi connectivity index (χ1n) is 7.96. The summed E-state index contributed by atoms with van der Waals surface area (Å²) in [5, 5.41) is 3.91. The molecule has 0 fully saturated rings. The number of benzene rings is 2. The highest BCUT2D eigenvalue weighted by molar-refractivity contribution is 5.92. The Morgan fingerprint density at radius 3 is 2.64 bits per heavy atom. The zero-order valence-electron chi connectivity index (χ0n) is 14.1. The number of hydrogen-bond donors (Lipinski definition) is 0. The fourth-order valence-corrected chi connectivity index (χ4v) is 2.26. The lowest BCUT2D eigenvalue weighted by Crippen LogP contribution is -2.08. The molecule has 0 saturated carbocycles. The molecular formula is C19H18N2O4. The van der Waals surface area contributed by atoms with Gasteiger partial charge in [0.25, 0.3) is 5.89 Å². The second-order valence-electron chi connectivity index (χ2n) is 5.38. The summed E-state index contributed by atoms with van der Waals surface area (Å²) in [4.78, 5) is 16.5. The van der Waals surface area contributed by atoms with Crippen LogP contribution in [0.15, 0.2) is 53.1 Å². The van der Waals surface area contributed by atoms with Crippen LogP contribution in [0.1, 0.15) is 28.7 Å². The number of hydrogen-bond acceptors (Lipinski definition) is 6. The molecule has 0 unspecified atom stereocenters. The van der Waals surface area contributed by atoms with Gasteiger partial charge in [0.15, 0.2) is 6.61 Å². The van der Waals surface area contributed by atoms with E-state index in [1.165, 1.54) is 0 Å². The van der Waals surface area contributed by atoms with Gasteiger partial charge in [0, 0.05) is 5.56 Å². The van der Waals surface area contributed by atoms with E-state index in [2.05, 4.69) is 10.1 Å².